The summed E-state index contributed by atoms with van der Waals surface area (Å²) in [5.41, 5.74) is -0.111. The minimum Gasteiger partial charge on any atom is -0.477 e. The van der Waals surface area contributed by atoms with Gasteiger partial charge in [0.05, 0.1) is 6.61 Å². The number of urea groups is 1. The van der Waals surface area contributed by atoms with E-state index in [4.69, 9.17) is 9.84 Å². The van der Waals surface area contributed by atoms with Crippen molar-refractivity contribution in [2.45, 2.75) is 20.3 Å². The molecule has 1 rings (SSSR count). The van der Waals surface area contributed by atoms with Crippen LogP contribution < -0.4 is 15.4 Å². The monoisotopic (exact) mass is 273 g/mol. The molecular formula is C10H15N3O4S. The van der Waals surface area contributed by atoms with Crippen molar-refractivity contribution in [3.63, 3.8) is 0 Å². The van der Waals surface area contributed by atoms with Crippen molar-refractivity contribution < 1.29 is 19.4 Å². The van der Waals surface area contributed by atoms with Gasteiger partial charge in [-0.05, 0) is 24.9 Å². The average Bonchev–Trinajstić information content (AvgIpc) is 2.69. The second-order valence-corrected chi connectivity index (χ2v) is 4.10. The van der Waals surface area contributed by atoms with Crippen LogP contribution in [0.2, 0.25) is 0 Å². The maximum absolute atomic E-state index is 11.3. The number of carbonyl (C=O) groups excluding carboxylic acids is 1. The fraction of sp³-hybridized carbons (Fsp3) is 0.500. The van der Waals surface area contributed by atoms with Gasteiger partial charge in [-0.25, -0.2) is 9.59 Å². The Labute approximate surface area is 108 Å². The average molecular weight is 273 g/mol. The van der Waals surface area contributed by atoms with Crippen LogP contribution in [0.25, 0.3) is 0 Å². The first-order chi connectivity index (χ1) is 8.60. The predicted octanol–water partition coefficient (Wildman–Crippen LogP) is 1.77. The van der Waals surface area contributed by atoms with E-state index in [1.165, 1.54) is 0 Å². The Hall–Kier alpha value is -1.83. The third-order valence-electron chi connectivity index (χ3n) is 1.88. The van der Waals surface area contributed by atoms with Crippen LogP contribution in [0, 0.1) is 0 Å². The molecule has 7 nitrogen and oxygen atoms in total. The molecule has 0 spiro atoms. The lowest BCUT2D eigenvalue weighted by Crippen LogP contribution is -2.28. The van der Waals surface area contributed by atoms with E-state index in [-0.39, 0.29) is 16.4 Å². The number of anilines is 1. The number of hydrogen-bond donors (Lipinski definition) is 3. The molecule has 2 amide bonds. The summed E-state index contributed by atoms with van der Waals surface area (Å²) in [5, 5.41) is 14.2. The van der Waals surface area contributed by atoms with Crippen molar-refractivity contribution in [2.24, 2.45) is 0 Å². The zero-order valence-corrected chi connectivity index (χ0v) is 11.0. The number of amides is 2. The zero-order valence-electron chi connectivity index (χ0n) is 10.1. The summed E-state index contributed by atoms with van der Waals surface area (Å²) in [7, 11) is 0. The van der Waals surface area contributed by atoms with E-state index in [1.54, 1.807) is 6.92 Å². The molecule has 18 heavy (non-hydrogen) atoms. The highest BCUT2D eigenvalue weighted by atomic mass is 32.1. The van der Waals surface area contributed by atoms with Gasteiger partial charge >= 0.3 is 12.0 Å². The van der Waals surface area contributed by atoms with Crippen molar-refractivity contribution in [3.05, 3.63) is 5.56 Å². The Balaban J connectivity index is 2.87. The first-order valence-corrected chi connectivity index (χ1v) is 6.28. The van der Waals surface area contributed by atoms with Gasteiger partial charge in [0.1, 0.15) is 5.00 Å². The second kappa shape index (κ2) is 6.80. The molecule has 0 radical (unpaired) electrons. The summed E-state index contributed by atoms with van der Waals surface area (Å²) in [6.07, 6.45) is 0.746. The van der Waals surface area contributed by atoms with Crippen molar-refractivity contribution >= 4 is 28.5 Å². The molecule has 0 fully saturated rings. The maximum Gasteiger partial charge on any atom is 0.344 e. The summed E-state index contributed by atoms with van der Waals surface area (Å²) in [6, 6.07) is -0.467. The molecule has 0 saturated heterocycles. The fourth-order valence-corrected chi connectivity index (χ4v) is 1.88. The molecule has 3 N–H and O–H groups in total. The summed E-state index contributed by atoms with van der Waals surface area (Å²) >= 11 is 0.881. The number of carbonyl (C=O) groups is 2. The highest BCUT2D eigenvalue weighted by molar-refractivity contribution is 7.11. The predicted molar refractivity (Wildman–Crippen MR) is 67.6 cm³/mol. The molecule has 0 aliphatic carbocycles. The summed E-state index contributed by atoms with van der Waals surface area (Å²) in [4.78, 5) is 22.5. The summed E-state index contributed by atoms with van der Waals surface area (Å²) in [6.45, 7) is 4.50. The molecule has 1 heterocycles. The number of hydrogen-bond acceptors (Lipinski definition) is 5. The van der Waals surface area contributed by atoms with E-state index in [0.717, 1.165) is 18.0 Å². The Kier molecular flexibility index (Phi) is 5.37. The van der Waals surface area contributed by atoms with Crippen LogP contribution in [0.4, 0.5) is 9.80 Å². The van der Waals surface area contributed by atoms with Gasteiger partial charge in [0.15, 0.2) is 5.56 Å². The zero-order chi connectivity index (χ0) is 13.5. The molecule has 1 aromatic rings. The number of aromatic carboxylic acids is 1. The SMILES string of the molecule is CCCOc1nsc(NC(=O)NCC)c1C(=O)O. The van der Waals surface area contributed by atoms with Crippen molar-refractivity contribution in [3.8, 4) is 5.88 Å². The van der Waals surface area contributed by atoms with Gasteiger partial charge in [0.2, 0.25) is 5.88 Å². The molecule has 0 aromatic carbocycles. The van der Waals surface area contributed by atoms with E-state index < -0.39 is 12.0 Å². The summed E-state index contributed by atoms with van der Waals surface area (Å²) < 4.78 is 9.10. The van der Waals surface area contributed by atoms with E-state index in [9.17, 15) is 9.59 Å². The number of carboxylic acid groups (broad SMARTS) is 1. The molecule has 1 aromatic heterocycles. The molecule has 0 aliphatic rings. The standard InChI is InChI=1S/C10H15N3O4S/c1-3-5-17-7-6(9(14)15)8(18-13-7)12-10(16)11-4-2/h3-5H2,1-2H3,(H,14,15)(H2,11,12,16). The van der Waals surface area contributed by atoms with Gasteiger partial charge in [-0.3, -0.25) is 5.32 Å². The van der Waals surface area contributed by atoms with Crippen molar-refractivity contribution in [1.29, 1.82) is 0 Å². The highest BCUT2D eigenvalue weighted by Crippen LogP contribution is 2.30. The van der Waals surface area contributed by atoms with Gasteiger partial charge in [-0.15, -0.1) is 0 Å². The van der Waals surface area contributed by atoms with Gasteiger partial charge in [0.25, 0.3) is 0 Å². The molecule has 100 valence electrons. The van der Waals surface area contributed by atoms with Crippen LogP contribution in [-0.2, 0) is 0 Å². The van der Waals surface area contributed by atoms with Crippen LogP contribution >= 0.6 is 11.5 Å². The Bertz CT molecular complexity index is 433. The Morgan fingerprint density at radius 3 is 2.72 bits per heavy atom. The van der Waals surface area contributed by atoms with Gasteiger partial charge in [-0.2, -0.15) is 4.37 Å². The molecule has 0 saturated carbocycles. The topological polar surface area (TPSA) is 101 Å². The van der Waals surface area contributed by atoms with Crippen LogP contribution in [-0.4, -0.2) is 34.6 Å². The van der Waals surface area contributed by atoms with E-state index in [0.29, 0.717) is 13.2 Å². The lowest BCUT2D eigenvalue weighted by Gasteiger charge is -2.05. The first-order valence-electron chi connectivity index (χ1n) is 5.50. The van der Waals surface area contributed by atoms with Crippen molar-refractivity contribution in [2.75, 3.05) is 18.5 Å². The molecule has 0 bridgehead atoms. The fourth-order valence-electron chi connectivity index (χ4n) is 1.15. The van der Waals surface area contributed by atoms with Crippen molar-refractivity contribution in [1.82, 2.24) is 9.69 Å². The quantitative estimate of drug-likeness (QED) is 0.733. The third-order valence-corrected chi connectivity index (χ3v) is 2.63. The number of aromatic nitrogens is 1. The van der Waals surface area contributed by atoms with Crippen LogP contribution in [0.15, 0.2) is 0 Å². The Morgan fingerprint density at radius 2 is 2.17 bits per heavy atom. The van der Waals surface area contributed by atoms with E-state index in [2.05, 4.69) is 15.0 Å². The van der Waals surface area contributed by atoms with Gasteiger partial charge < -0.3 is 15.2 Å². The Morgan fingerprint density at radius 1 is 1.44 bits per heavy atom. The molecular weight excluding hydrogens is 258 g/mol. The van der Waals surface area contributed by atoms with Crippen LogP contribution in [0.5, 0.6) is 5.88 Å². The number of ether oxygens (including phenoxy) is 1. The minimum absolute atomic E-state index is 0.0427. The van der Waals surface area contributed by atoms with Crippen LogP contribution in [0.3, 0.4) is 0 Å². The largest absolute Gasteiger partial charge is 0.477 e. The van der Waals surface area contributed by atoms with E-state index >= 15 is 0 Å². The first kappa shape index (κ1) is 14.2. The second-order valence-electron chi connectivity index (χ2n) is 3.33. The number of nitrogens with zero attached hydrogens (tertiary/aromatic N) is 1. The summed E-state index contributed by atoms with van der Waals surface area (Å²) in [5.74, 6) is -1.14. The smallest absolute Gasteiger partial charge is 0.344 e. The lowest BCUT2D eigenvalue weighted by molar-refractivity contribution is 0.0693. The van der Waals surface area contributed by atoms with E-state index in [1.807, 2.05) is 6.92 Å². The number of carboxylic acids is 1. The molecule has 0 unspecified atom stereocenters. The lowest BCUT2D eigenvalue weighted by atomic mass is 10.3. The van der Waals surface area contributed by atoms with Gasteiger partial charge in [-0.1, -0.05) is 6.92 Å². The third kappa shape index (κ3) is 3.59. The molecule has 0 aliphatic heterocycles. The number of rotatable bonds is 6. The molecule has 8 heteroatoms. The normalized spacial score (nSPS) is 9.89. The highest BCUT2D eigenvalue weighted by Gasteiger charge is 2.22. The van der Waals surface area contributed by atoms with Gasteiger partial charge in [0, 0.05) is 6.54 Å². The van der Waals surface area contributed by atoms with Crippen LogP contribution in [0.1, 0.15) is 30.6 Å². The minimum atomic E-state index is -1.18. The number of nitrogens with one attached hydrogen (secondary N) is 2. The molecule has 0 atom stereocenters. The maximum atomic E-state index is 11.3.